The Morgan fingerprint density at radius 3 is 2.60 bits per heavy atom. The number of carbonyl (C=O) groups is 1. The minimum Gasteiger partial charge on any atom is -0.390 e. The molecule has 2 atom stereocenters. The first-order valence-corrected chi connectivity index (χ1v) is 7.59. The van der Waals surface area contributed by atoms with Crippen LogP contribution in [0, 0.1) is 5.92 Å². The number of Topliss-reactive ketones (excluding diaryl/α,β-unsaturated/α-hetero) is 1. The predicted octanol–water partition coefficient (Wildman–Crippen LogP) is 2.30. The number of aliphatic hydroxyl groups is 1. The summed E-state index contributed by atoms with van der Waals surface area (Å²) in [5.41, 5.74) is 0. The molecule has 86 valence electrons. The first-order valence-electron chi connectivity index (χ1n) is 5.62. The fourth-order valence-corrected chi connectivity index (χ4v) is 5.44. The third-order valence-corrected chi connectivity index (χ3v) is 6.66. The predicted molar refractivity (Wildman–Crippen MR) is 66.3 cm³/mol. The van der Waals surface area contributed by atoms with Crippen molar-refractivity contribution in [2.45, 2.75) is 42.8 Å². The highest BCUT2D eigenvalue weighted by Gasteiger charge is 2.44. The molecule has 2 rings (SSSR count). The number of thioether (sulfide) groups is 2. The smallest absolute Gasteiger partial charge is 0.138 e. The van der Waals surface area contributed by atoms with Gasteiger partial charge in [-0.3, -0.25) is 4.79 Å². The molecule has 0 aromatic heterocycles. The van der Waals surface area contributed by atoms with E-state index in [0.717, 1.165) is 24.3 Å². The summed E-state index contributed by atoms with van der Waals surface area (Å²) in [5, 5.41) is 10.3. The van der Waals surface area contributed by atoms with Gasteiger partial charge in [0, 0.05) is 12.3 Å². The summed E-state index contributed by atoms with van der Waals surface area (Å²) in [6, 6.07) is 0. The fourth-order valence-electron chi connectivity index (χ4n) is 2.36. The highest BCUT2D eigenvalue weighted by atomic mass is 32.2. The number of hydrogen-bond acceptors (Lipinski definition) is 4. The second kappa shape index (κ2) is 4.68. The Hall–Kier alpha value is 0.330. The number of hydrogen-bond donors (Lipinski definition) is 1. The third kappa shape index (κ3) is 2.37. The van der Waals surface area contributed by atoms with Gasteiger partial charge >= 0.3 is 0 Å². The van der Waals surface area contributed by atoms with Crippen molar-refractivity contribution in [3.8, 4) is 0 Å². The van der Waals surface area contributed by atoms with Gasteiger partial charge in [0.15, 0.2) is 0 Å². The van der Waals surface area contributed by atoms with Gasteiger partial charge in [0.05, 0.1) is 10.2 Å². The molecule has 2 nitrogen and oxygen atoms in total. The van der Waals surface area contributed by atoms with E-state index in [-0.39, 0.29) is 15.8 Å². The van der Waals surface area contributed by atoms with Crippen molar-refractivity contribution in [3.63, 3.8) is 0 Å². The number of carbonyl (C=O) groups excluding carboxylic acids is 1. The average Bonchev–Trinajstić information content (AvgIpc) is 2.64. The van der Waals surface area contributed by atoms with Gasteiger partial charge in [0.1, 0.15) is 5.78 Å². The Balaban J connectivity index is 2.04. The molecule has 1 N–H and O–H groups in total. The third-order valence-electron chi connectivity index (χ3n) is 3.34. The highest BCUT2D eigenvalue weighted by Crippen LogP contribution is 2.47. The number of ketones is 1. The molecule has 0 aromatic carbocycles. The van der Waals surface area contributed by atoms with Crippen LogP contribution < -0.4 is 0 Å². The second-order valence-electron chi connectivity index (χ2n) is 4.48. The molecule has 0 spiro atoms. The molecule has 0 radical (unpaired) electrons. The minimum absolute atomic E-state index is 0.0897. The van der Waals surface area contributed by atoms with Gasteiger partial charge in [0.25, 0.3) is 0 Å². The summed E-state index contributed by atoms with van der Waals surface area (Å²) in [5.74, 6) is 2.41. The van der Waals surface area contributed by atoms with Crippen molar-refractivity contribution < 1.29 is 9.90 Å². The molecule has 0 unspecified atom stereocenters. The Bertz CT molecular complexity index is 249. The van der Waals surface area contributed by atoms with Crippen LogP contribution in [0.15, 0.2) is 0 Å². The Labute approximate surface area is 99.6 Å². The molecule has 2 aliphatic rings. The monoisotopic (exact) mass is 246 g/mol. The van der Waals surface area contributed by atoms with Gasteiger partial charge in [0.2, 0.25) is 0 Å². The van der Waals surface area contributed by atoms with Gasteiger partial charge in [-0.2, -0.15) is 0 Å². The zero-order chi connectivity index (χ0) is 10.9. The van der Waals surface area contributed by atoms with Crippen LogP contribution in [0.3, 0.4) is 0 Å². The van der Waals surface area contributed by atoms with E-state index >= 15 is 0 Å². The van der Waals surface area contributed by atoms with Crippen LogP contribution in [0.5, 0.6) is 0 Å². The fraction of sp³-hybridized carbons (Fsp3) is 0.909. The zero-order valence-corrected chi connectivity index (χ0v) is 10.7. The van der Waals surface area contributed by atoms with Crippen molar-refractivity contribution in [2.24, 2.45) is 5.92 Å². The lowest BCUT2D eigenvalue weighted by Crippen LogP contribution is -2.42. The molecule has 15 heavy (non-hydrogen) atoms. The van der Waals surface area contributed by atoms with Crippen LogP contribution in [0.25, 0.3) is 0 Å². The largest absolute Gasteiger partial charge is 0.390 e. The molecule has 0 aromatic rings. The van der Waals surface area contributed by atoms with Gasteiger partial charge in [-0.1, -0.05) is 0 Å². The summed E-state index contributed by atoms with van der Waals surface area (Å²) >= 11 is 3.65. The van der Waals surface area contributed by atoms with Crippen molar-refractivity contribution in [1.82, 2.24) is 0 Å². The number of aliphatic hydroxyl groups excluding tert-OH is 1. The number of rotatable bonds is 2. The van der Waals surface area contributed by atoms with E-state index in [1.54, 1.807) is 0 Å². The van der Waals surface area contributed by atoms with Crippen LogP contribution in [-0.4, -0.2) is 32.6 Å². The van der Waals surface area contributed by atoms with E-state index in [0.29, 0.717) is 6.42 Å². The van der Waals surface area contributed by atoms with Crippen LogP contribution in [-0.2, 0) is 4.79 Å². The summed E-state index contributed by atoms with van der Waals surface area (Å²) in [7, 11) is 0. The molecule has 0 amide bonds. The van der Waals surface area contributed by atoms with E-state index in [1.165, 1.54) is 6.42 Å². The van der Waals surface area contributed by atoms with Crippen LogP contribution >= 0.6 is 23.5 Å². The van der Waals surface area contributed by atoms with E-state index in [9.17, 15) is 9.90 Å². The standard InChI is InChI=1S/C11H18O2S2/c1-11(14-6-3-7-15-11)10(13)8-4-2-5-9(8)12/h8,10,13H,2-7H2,1H3/t8-,10+/m0/s1. The first-order chi connectivity index (χ1) is 7.13. The quantitative estimate of drug-likeness (QED) is 0.811. The maximum Gasteiger partial charge on any atom is 0.138 e. The molecule has 1 aliphatic carbocycles. The van der Waals surface area contributed by atoms with Crippen LogP contribution in [0.2, 0.25) is 0 Å². The molecular formula is C11H18O2S2. The van der Waals surface area contributed by atoms with Gasteiger partial charge < -0.3 is 5.11 Å². The lowest BCUT2D eigenvalue weighted by Gasteiger charge is -2.38. The molecule has 1 aliphatic heterocycles. The van der Waals surface area contributed by atoms with Crippen LogP contribution in [0.4, 0.5) is 0 Å². The summed E-state index contributed by atoms with van der Waals surface area (Å²) in [6.45, 7) is 2.10. The average molecular weight is 246 g/mol. The highest BCUT2D eigenvalue weighted by molar-refractivity contribution is 8.18. The summed E-state index contributed by atoms with van der Waals surface area (Å²) < 4.78 is -0.150. The van der Waals surface area contributed by atoms with Gasteiger partial charge in [-0.05, 0) is 37.7 Å². The second-order valence-corrected chi connectivity index (χ2v) is 7.82. The van der Waals surface area contributed by atoms with E-state index < -0.39 is 6.10 Å². The molecule has 4 heteroatoms. The lowest BCUT2D eigenvalue weighted by molar-refractivity contribution is -0.123. The van der Waals surface area contributed by atoms with E-state index in [1.807, 2.05) is 23.5 Å². The van der Waals surface area contributed by atoms with Crippen LogP contribution in [0.1, 0.15) is 32.6 Å². The lowest BCUT2D eigenvalue weighted by atomic mass is 9.97. The maximum absolute atomic E-state index is 11.6. The van der Waals surface area contributed by atoms with Crippen molar-refractivity contribution in [1.29, 1.82) is 0 Å². The minimum atomic E-state index is -0.456. The SMILES string of the molecule is CC1([C@H](O)[C@H]2CCCC2=O)SCCCS1. The summed E-state index contributed by atoms with van der Waals surface area (Å²) in [6.07, 6.45) is 3.29. The Morgan fingerprint density at radius 1 is 1.40 bits per heavy atom. The van der Waals surface area contributed by atoms with Crippen molar-refractivity contribution >= 4 is 29.3 Å². The summed E-state index contributed by atoms with van der Waals surface area (Å²) in [4.78, 5) is 11.6. The Morgan fingerprint density at radius 2 is 2.07 bits per heavy atom. The Kier molecular flexibility index (Phi) is 3.68. The van der Waals surface area contributed by atoms with Crippen molar-refractivity contribution in [3.05, 3.63) is 0 Å². The zero-order valence-electron chi connectivity index (χ0n) is 9.07. The molecule has 0 bridgehead atoms. The molecule has 1 heterocycles. The van der Waals surface area contributed by atoms with Gasteiger partial charge in [-0.15, -0.1) is 23.5 Å². The van der Waals surface area contributed by atoms with Gasteiger partial charge in [-0.25, -0.2) is 0 Å². The molecular weight excluding hydrogens is 228 g/mol. The first kappa shape index (κ1) is 11.8. The molecule has 1 saturated heterocycles. The normalized spacial score (nSPS) is 32.9. The van der Waals surface area contributed by atoms with Crippen molar-refractivity contribution in [2.75, 3.05) is 11.5 Å². The van der Waals surface area contributed by atoms with E-state index in [4.69, 9.17) is 0 Å². The maximum atomic E-state index is 11.6. The molecule has 1 saturated carbocycles. The van der Waals surface area contributed by atoms with E-state index in [2.05, 4.69) is 6.92 Å². The topological polar surface area (TPSA) is 37.3 Å². The molecule has 2 fully saturated rings.